The Morgan fingerprint density at radius 3 is 2.00 bits per heavy atom. The van der Waals surface area contributed by atoms with E-state index in [1.54, 1.807) is 12.9 Å². The molecule has 0 radical (unpaired) electrons. The molecule has 1 rings (SSSR count). The molecule has 0 amide bonds. The fourth-order valence-corrected chi connectivity index (χ4v) is 1.19. The molecule has 0 aromatic carbocycles. The van der Waals surface area contributed by atoms with E-state index in [4.69, 9.17) is 15.9 Å². The molecule has 1 aliphatic heterocycles. The largest absolute Gasteiger partial charge is 0.475 e. The highest BCUT2D eigenvalue weighted by molar-refractivity contribution is 6.51. The molecule has 14 heavy (non-hydrogen) atoms. The molecular formula is C10H16BNO2. The molecule has 1 aliphatic rings. The van der Waals surface area contributed by atoms with Crippen LogP contribution in [0.15, 0.2) is 11.7 Å². The summed E-state index contributed by atoms with van der Waals surface area (Å²) in [5.41, 5.74) is -0.0454. The van der Waals surface area contributed by atoms with Crippen molar-refractivity contribution in [2.45, 2.75) is 45.8 Å². The smallest absolute Gasteiger partial charge is 0.401 e. The van der Waals surface area contributed by atoms with Crippen molar-refractivity contribution in [1.82, 2.24) is 0 Å². The lowest BCUT2D eigenvalue weighted by molar-refractivity contribution is 0.00578. The van der Waals surface area contributed by atoms with E-state index in [1.165, 1.54) is 0 Å². The Morgan fingerprint density at radius 2 is 1.64 bits per heavy atom. The van der Waals surface area contributed by atoms with Crippen LogP contribution in [0, 0.1) is 6.57 Å². The second-order valence-corrected chi connectivity index (χ2v) is 4.54. The van der Waals surface area contributed by atoms with Gasteiger partial charge in [0.15, 0.2) is 5.70 Å². The summed E-state index contributed by atoms with van der Waals surface area (Å²) in [6.07, 6.45) is 0. The van der Waals surface area contributed by atoms with Gasteiger partial charge >= 0.3 is 7.12 Å². The van der Waals surface area contributed by atoms with Gasteiger partial charge < -0.3 is 9.31 Å². The molecule has 0 N–H and O–H groups in total. The molecule has 1 saturated heterocycles. The van der Waals surface area contributed by atoms with Crippen molar-refractivity contribution in [1.29, 1.82) is 0 Å². The molecule has 1 heterocycles. The third-order valence-corrected chi connectivity index (χ3v) is 2.83. The van der Waals surface area contributed by atoms with Crippen LogP contribution in [0.5, 0.6) is 0 Å². The Morgan fingerprint density at radius 1 is 1.21 bits per heavy atom. The Labute approximate surface area is 86.1 Å². The maximum absolute atomic E-state index is 6.82. The molecule has 0 aromatic rings. The zero-order valence-corrected chi connectivity index (χ0v) is 9.42. The Bertz CT molecular complexity index is 286. The van der Waals surface area contributed by atoms with E-state index in [1.807, 2.05) is 27.7 Å². The van der Waals surface area contributed by atoms with Gasteiger partial charge in [-0.2, -0.15) is 0 Å². The van der Waals surface area contributed by atoms with Crippen molar-refractivity contribution in [3.63, 3.8) is 0 Å². The van der Waals surface area contributed by atoms with Gasteiger partial charge in [0.05, 0.1) is 17.8 Å². The zero-order valence-electron chi connectivity index (χ0n) is 9.42. The second-order valence-electron chi connectivity index (χ2n) is 4.54. The highest BCUT2D eigenvalue weighted by Gasteiger charge is 2.49. The van der Waals surface area contributed by atoms with E-state index in [0.29, 0.717) is 5.70 Å². The summed E-state index contributed by atoms with van der Waals surface area (Å²) in [4.78, 5) is 3.30. The van der Waals surface area contributed by atoms with Gasteiger partial charge in [-0.25, -0.2) is 4.85 Å². The minimum Gasteiger partial charge on any atom is -0.401 e. The molecule has 76 valence electrons. The van der Waals surface area contributed by atoms with Crippen LogP contribution in [0.4, 0.5) is 0 Å². The molecule has 0 spiro atoms. The highest BCUT2D eigenvalue weighted by Crippen LogP contribution is 2.37. The van der Waals surface area contributed by atoms with E-state index in [2.05, 4.69) is 4.85 Å². The van der Waals surface area contributed by atoms with E-state index in [9.17, 15) is 0 Å². The summed E-state index contributed by atoms with van der Waals surface area (Å²) in [7, 11) is -0.394. The van der Waals surface area contributed by atoms with Crippen LogP contribution in [0.1, 0.15) is 34.6 Å². The van der Waals surface area contributed by atoms with E-state index in [-0.39, 0.29) is 11.2 Å². The molecule has 4 heteroatoms. The maximum Gasteiger partial charge on any atom is 0.475 e. The standard InChI is InChI=1S/C10H16BNO2/c1-8(12-6)7-11-13-9(2,3)10(4,5)14-11/h7H,1-5H3. The maximum atomic E-state index is 6.82. The van der Waals surface area contributed by atoms with Crippen LogP contribution < -0.4 is 0 Å². The molecule has 0 aromatic heterocycles. The number of allylic oxidation sites excluding steroid dienone is 1. The van der Waals surface area contributed by atoms with Crippen LogP contribution in [-0.4, -0.2) is 18.3 Å². The highest BCUT2D eigenvalue weighted by atomic mass is 16.7. The third-order valence-electron chi connectivity index (χ3n) is 2.83. The first-order chi connectivity index (χ1) is 6.28. The minimum absolute atomic E-state index is 0.323. The van der Waals surface area contributed by atoms with Gasteiger partial charge in [-0.05, 0) is 34.6 Å². The first-order valence-corrected chi connectivity index (χ1v) is 4.70. The van der Waals surface area contributed by atoms with E-state index < -0.39 is 7.12 Å². The predicted molar refractivity (Wildman–Crippen MR) is 56.4 cm³/mol. The number of rotatable bonds is 1. The molecule has 1 fully saturated rings. The minimum atomic E-state index is -0.394. The van der Waals surface area contributed by atoms with Crippen LogP contribution in [0.25, 0.3) is 4.85 Å². The zero-order chi connectivity index (χ0) is 11.0. The SMILES string of the molecule is [C-]#[N+]C(C)=CB1OC(C)(C)C(C)(C)O1. The van der Waals surface area contributed by atoms with E-state index in [0.717, 1.165) is 0 Å². The van der Waals surface area contributed by atoms with Gasteiger partial charge in [-0.3, -0.25) is 0 Å². The summed E-state index contributed by atoms with van der Waals surface area (Å²) in [6.45, 7) is 16.5. The van der Waals surface area contributed by atoms with E-state index >= 15 is 0 Å². The van der Waals surface area contributed by atoms with Crippen molar-refractivity contribution < 1.29 is 9.31 Å². The molecule has 3 nitrogen and oxygen atoms in total. The van der Waals surface area contributed by atoms with Crippen molar-refractivity contribution in [3.8, 4) is 0 Å². The van der Waals surface area contributed by atoms with Crippen molar-refractivity contribution in [2.24, 2.45) is 0 Å². The van der Waals surface area contributed by atoms with Gasteiger partial charge in [0.1, 0.15) is 0 Å². The number of hydrogen-bond donors (Lipinski definition) is 0. The fraction of sp³-hybridized carbons (Fsp3) is 0.700. The topological polar surface area (TPSA) is 22.8 Å². The summed E-state index contributed by atoms with van der Waals surface area (Å²) in [6, 6.07) is 0. The summed E-state index contributed by atoms with van der Waals surface area (Å²) >= 11 is 0. The van der Waals surface area contributed by atoms with Gasteiger partial charge in [-0.15, -0.1) is 0 Å². The van der Waals surface area contributed by atoms with Gasteiger partial charge in [0.2, 0.25) is 0 Å². The molecular weight excluding hydrogens is 177 g/mol. The summed E-state index contributed by atoms with van der Waals surface area (Å²) in [5.74, 6) is 1.71. The quantitative estimate of drug-likeness (QED) is 0.471. The number of nitrogens with zero attached hydrogens (tertiary/aromatic N) is 1. The van der Waals surface area contributed by atoms with Crippen molar-refractivity contribution in [2.75, 3.05) is 0 Å². The monoisotopic (exact) mass is 193 g/mol. The first-order valence-electron chi connectivity index (χ1n) is 4.70. The molecule has 0 aliphatic carbocycles. The molecule has 0 saturated carbocycles. The Hall–Kier alpha value is -0.785. The predicted octanol–water partition coefficient (Wildman–Crippen LogP) is 2.44. The average Bonchev–Trinajstić information content (AvgIpc) is 2.20. The van der Waals surface area contributed by atoms with Crippen LogP contribution in [0.2, 0.25) is 0 Å². The van der Waals surface area contributed by atoms with Gasteiger partial charge in [0.25, 0.3) is 0 Å². The fourth-order valence-electron chi connectivity index (χ4n) is 1.19. The second kappa shape index (κ2) is 3.41. The van der Waals surface area contributed by atoms with Crippen molar-refractivity contribution >= 4 is 7.12 Å². The average molecular weight is 193 g/mol. The Balaban J connectivity index is 2.80. The number of hydrogen-bond acceptors (Lipinski definition) is 2. The van der Waals surface area contributed by atoms with Crippen LogP contribution >= 0.6 is 0 Å². The third kappa shape index (κ3) is 2.00. The van der Waals surface area contributed by atoms with Crippen LogP contribution in [0.3, 0.4) is 0 Å². The summed E-state index contributed by atoms with van der Waals surface area (Å²) in [5, 5.41) is 0. The summed E-state index contributed by atoms with van der Waals surface area (Å²) < 4.78 is 11.4. The lowest BCUT2D eigenvalue weighted by Crippen LogP contribution is -2.41. The van der Waals surface area contributed by atoms with Gasteiger partial charge in [-0.1, -0.05) is 5.98 Å². The van der Waals surface area contributed by atoms with Gasteiger partial charge in [0, 0.05) is 0 Å². The first kappa shape index (κ1) is 11.3. The lowest BCUT2D eigenvalue weighted by atomic mass is 9.89. The molecule has 0 unspecified atom stereocenters. The Kier molecular flexibility index (Phi) is 2.75. The molecule has 0 atom stereocenters. The normalized spacial score (nSPS) is 24.9. The van der Waals surface area contributed by atoms with Crippen LogP contribution in [-0.2, 0) is 9.31 Å². The molecule has 0 bridgehead atoms. The van der Waals surface area contributed by atoms with Crippen molar-refractivity contribution in [3.05, 3.63) is 23.1 Å². The lowest BCUT2D eigenvalue weighted by Gasteiger charge is -2.32.